The third-order valence-corrected chi connectivity index (χ3v) is 11.9. The van der Waals surface area contributed by atoms with E-state index in [1.165, 1.54) is 102 Å². The lowest BCUT2D eigenvalue weighted by Gasteiger charge is -2.22. The minimum Gasteiger partial charge on any atom is -0.434 e. The molecule has 0 aliphatic carbocycles. The van der Waals surface area contributed by atoms with E-state index in [4.69, 9.17) is 18.9 Å². The molecule has 0 radical (unpaired) electrons. The zero-order valence-electron chi connectivity index (χ0n) is 39.0. The van der Waals surface area contributed by atoms with Crippen molar-refractivity contribution in [2.75, 3.05) is 59.3 Å². The van der Waals surface area contributed by atoms with Crippen LogP contribution in [0, 0.1) is 5.92 Å². The Bertz CT molecular complexity index is 909. The molecule has 0 aromatic heterocycles. The van der Waals surface area contributed by atoms with Gasteiger partial charge in [0, 0.05) is 18.8 Å². The van der Waals surface area contributed by atoms with Crippen molar-refractivity contribution in [3.05, 3.63) is 0 Å². The Labute approximate surface area is 362 Å². The Morgan fingerprint density at radius 3 is 1.45 bits per heavy atom. The normalized spacial score (nSPS) is 11.9. The fraction of sp³-hybridized carbons (Fsp3) is 0.938. The van der Waals surface area contributed by atoms with Crippen LogP contribution in [0.5, 0.6) is 0 Å². The van der Waals surface area contributed by atoms with Crippen LogP contribution in [0.15, 0.2) is 0 Å². The van der Waals surface area contributed by atoms with E-state index >= 15 is 0 Å². The summed E-state index contributed by atoms with van der Waals surface area (Å²) in [5, 5.41) is 0.189. The molecule has 1 atom stereocenters. The predicted octanol–water partition coefficient (Wildman–Crippen LogP) is 14.8. The number of rotatable bonds is 42. The molecule has 344 valence electrons. The standard InChI is InChI=1S/C48H94N2O7S/c1-7-10-13-16-19-26-35-45(36-27-20-17-14-11-8-2)57-48(53)55-41-32-23-21-28-38-50(46(51)58-42-33-30-37-49(5)6)39-29-24-25-34-44(4)43-56-47(52)54-40-31-22-18-15-12-9-3/h44-45H,7-43H2,1-6H3. The average Bonchev–Trinajstić information content (AvgIpc) is 3.20. The molecule has 58 heavy (non-hydrogen) atoms. The Morgan fingerprint density at radius 1 is 0.483 bits per heavy atom. The largest absolute Gasteiger partial charge is 0.508 e. The molecule has 0 spiro atoms. The molecule has 0 fully saturated rings. The summed E-state index contributed by atoms with van der Waals surface area (Å²) >= 11 is 1.46. The Morgan fingerprint density at radius 2 is 0.914 bits per heavy atom. The highest BCUT2D eigenvalue weighted by Crippen LogP contribution is 2.19. The van der Waals surface area contributed by atoms with Gasteiger partial charge in [-0.25, -0.2) is 9.59 Å². The van der Waals surface area contributed by atoms with Crippen LogP contribution in [-0.4, -0.2) is 92.8 Å². The molecule has 0 saturated carbocycles. The smallest absolute Gasteiger partial charge is 0.434 e. The Kier molecular flexibility index (Phi) is 42.2. The van der Waals surface area contributed by atoms with Crippen molar-refractivity contribution in [1.82, 2.24) is 9.80 Å². The van der Waals surface area contributed by atoms with Gasteiger partial charge >= 0.3 is 12.3 Å². The Hall–Kier alpha value is -1.68. The van der Waals surface area contributed by atoms with Crippen molar-refractivity contribution in [3.8, 4) is 0 Å². The predicted molar refractivity (Wildman–Crippen MR) is 246 cm³/mol. The highest BCUT2D eigenvalue weighted by Gasteiger charge is 2.17. The van der Waals surface area contributed by atoms with Crippen LogP contribution in [-0.2, 0) is 18.9 Å². The number of carbonyl (C=O) groups is 3. The summed E-state index contributed by atoms with van der Waals surface area (Å²) in [6.07, 6.45) is 32.4. The van der Waals surface area contributed by atoms with Crippen molar-refractivity contribution in [1.29, 1.82) is 0 Å². The van der Waals surface area contributed by atoms with Gasteiger partial charge in [-0.1, -0.05) is 155 Å². The molecule has 0 bridgehead atoms. The van der Waals surface area contributed by atoms with Crippen molar-refractivity contribution in [2.45, 2.75) is 226 Å². The molecule has 1 unspecified atom stereocenters. The Balaban J connectivity index is 4.52. The van der Waals surface area contributed by atoms with Crippen molar-refractivity contribution >= 4 is 29.3 Å². The van der Waals surface area contributed by atoms with Crippen molar-refractivity contribution < 1.29 is 33.3 Å². The summed E-state index contributed by atoms with van der Waals surface area (Å²) in [6, 6.07) is 0. The fourth-order valence-corrected chi connectivity index (χ4v) is 7.96. The van der Waals surface area contributed by atoms with E-state index < -0.39 is 12.3 Å². The second-order valence-corrected chi connectivity index (χ2v) is 18.2. The molecule has 0 heterocycles. The fourth-order valence-electron chi connectivity index (χ4n) is 7.07. The van der Waals surface area contributed by atoms with E-state index in [9.17, 15) is 14.4 Å². The average molecular weight is 843 g/mol. The first kappa shape index (κ1) is 56.3. The number of carbonyl (C=O) groups excluding carboxylic acids is 3. The van der Waals surface area contributed by atoms with Crippen molar-refractivity contribution in [2.24, 2.45) is 5.92 Å². The van der Waals surface area contributed by atoms with Gasteiger partial charge in [0.25, 0.3) is 5.24 Å². The molecule has 10 heteroatoms. The number of thioether (sulfide) groups is 1. The molecule has 0 aliphatic heterocycles. The van der Waals surface area contributed by atoms with Gasteiger partial charge in [0.15, 0.2) is 0 Å². The van der Waals surface area contributed by atoms with Crippen molar-refractivity contribution in [3.63, 3.8) is 0 Å². The lowest BCUT2D eigenvalue weighted by atomic mass is 10.0. The summed E-state index contributed by atoms with van der Waals surface area (Å²) in [7, 11) is 4.17. The first-order chi connectivity index (χ1) is 28.2. The topological polar surface area (TPSA) is 94.6 Å². The summed E-state index contributed by atoms with van der Waals surface area (Å²) in [5.74, 6) is 1.13. The second-order valence-electron chi connectivity index (χ2n) is 17.1. The number of hydrogen-bond acceptors (Lipinski definition) is 9. The molecule has 0 aromatic carbocycles. The number of hydrogen-bond donors (Lipinski definition) is 0. The highest BCUT2D eigenvalue weighted by atomic mass is 32.2. The second kappa shape index (κ2) is 43.4. The van der Waals surface area contributed by atoms with Gasteiger partial charge < -0.3 is 28.7 Å². The van der Waals surface area contributed by atoms with Crippen LogP contribution in [0.25, 0.3) is 0 Å². The van der Waals surface area contributed by atoms with Crippen LogP contribution in [0.4, 0.5) is 14.4 Å². The quantitative estimate of drug-likeness (QED) is 0.0440. The van der Waals surface area contributed by atoms with Gasteiger partial charge in [-0.05, 0) is 104 Å². The van der Waals surface area contributed by atoms with E-state index in [2.05, 4.69) is 46.7 Å². The minimum absolute atomic E-state index is 0.0354. The molecule has 9 nitrogen and oxygen atoms in total. The zero-order chi connectivity index (χ0) is 42.7. The van der Waals surface area contributed by atoms with E-state index in [-0.39, 0.29) is 17.3 Å². The first-order valence-electron chi connectivity index (χ1n) is 24.4. The number of nitrogens with zero attached hydrogens (tertiary/aromatic N) is 2. The van der Waals surface area contributed by atoms with E-state index in [1.807, 2.05) is 4.90 Å². The first-order valence-corrected chi connectivity index (χ1v) is 25.4. The van der Waals surface area contributed by atoms with Crippen LogP contribution in [0.1, 0.15) is 220 Å². The van der Waals surface area contributed by atoms with E-state index in [0.29, 0.717) is 19.8 Å². The molecular formula is C48H94N2O7S. The molecule has 0 saturated heterocycles. The van der Waals surface area contributed by atoms with Crippen LogP contribution in [0.3, 0.4) is 0 Å². The number of unbranched alkanes of at least 4 members (excludes halogenated alkanes) is 21. The molecule has 0 aromatic rings. The third-order valence-electron chi connectivity index (χ3n) is 10.9. The van der Waals surface area contributed by atoms with Gasteiger partial charge in [-0.15, -0.1) is 0 Å². The maximum Gasteiger partial charge on any atom is 0.508 e. The molecule has 1 amide bonds. The van der Waals surface area contributed by atoms with Gasteiger partial charge in [0.05, 0.1) is 19.8 Å². The summed E-state index contributed by atoms with van der Waals surface area (Å²) in [5.41, 5.74) is 0. The SMILES string of the molecule is CCCCCCCCOC(=O)OCC(C)CCCCCN(CCCCCCOC(=O)OC(CCCCCCCC)CCCCCCCC)C(=O)SCCCCN(C)C. The van der Waals surface area contributed by atoms with Gasteiger partial charge in [0.2, 0.25) is 0 Å². The molecular weight excluding hydrogens is 749 g/mol. The summed E-state index contributed by atoms with van der Waals surface area (Å²) in [4.78, 5) is 42.1. The third kappa shape index (κ3) is 39.8. The lowest BCUT2D eigenvalue weighted by Crippen LogP contribution is -2.30. The molecule has 0 rings (SSSR count). The monoisotopic (exact) mass is 843 g/mol. The summed E-state index contributed by atoms with van der Waals surface area (Å²) in [6.45, 7) is 12.6. The van der Waals surface area contributed by atoms with Crippen LogP contribution >= 0.6 is 11.8 Å². The number of amides is 1. The van der Waals surface area contributed by atoms with Crippen LogP contribution < -0.4 is 0 Å². The maximum atomic E-state index is 13.2. The highest BCUT2D eigenvalue weighted by molar-refractivity contribution is 8.13. The van der Waals surface area contributed by atoms with Gasteiger partial charge in [-0.2, -0.15) is 0 Å². The van der Waals surface area contributed by atoms with E-state index in [0.717, 1.165) is 128 Å². The van der Waals surface area contributed by atoms with Gasteiger partial charge in [0.1, 0.15) is 6.10 Å². The van der Waals surface area contributed by atoms with Crippen LogP contribution in [0.2, 0.25) is 0 Å². The van der Waals surface area contributed by atoms with E-state index in [1.54, 1.807) is 0 Å². The summed E-state index contributed by atoms with van der Waals surface area (Å²) < 4.78 is 21.9. The molecule has 0 aliphatic rings. The lowest BCUT2D eigenvalue weighted by molar-refractivity contribution is 0.0154. The maximum absolute atomic E-state index is 13.2. The minimum atomic E-state index is -0.551. The zero-order valence-corrected chi connectivity index (χ0v) is 39.8. The number of ether oxygens (including phenoxy) is 4. The van der Waals surface area contributed by atoms with Gasteiger partial charge in [-0.3, -0.25) is 4.79 Å². The molecule has 0 N–H and O–H groups in total.